The summed E-state index contributed by atoms with van der Waals surface area (Å²) in [5.74, 6) is 0. The summed E-state index contributed by atoms with van der Waals surface area (Å²) in [6.07, 6.45) is 10.7. The van der Waals surface area contributed by atoms with Crippen molar-refractivity contribution in [1.29, 1.82) is 0 Å². The molecular formula is C15H32ClP. The topological polar surface area (TPSA) is 0 Å². The highest BCUT2D eigenvalue weighted by atomic mass is 35.5. The molecule has 1 atom stereocenters. The van der Waals surface area contributed by atoms with Crippen molar-refractivity contribution >= 4 is 21.5 Å². The summed E-state index contributed by atoms with van der Waals surface area (Å²) in [7, 11) is 0. The lowest BCUT2D eigenvalue weighted by molar-refractivity contribution is 0.492. The molecule has 0 saturated carbocycles. The number of hydrogen-bond donors (Lipinski definition) is 0. The zero-order chi connectivity index (χ0) is 12.4. The fraction of sp³-hybridized carbons (Fsp3) is 0.867. The first-order valence-electron chi connectivity index (χ1n) is 6.97. The number of hydrogen-bond acceptors (Lipinski definition) is 0. The van der Waals surface area contributed by atoms with E-state index in [0.717, 1.165) is 19.3 Å². The molecule has 0 aromatic heterocycles. The number of halogens is 1. The average molecular weight is 279 g/mol. The minimum Gasteiger partial charge on any atom is -0.153 e. The molecule has 0 spiro atoms. The molecule has 0 N–H and O–H groups in total. The van der Waals surface area contributed by atoms with E-state index in [1.165, 1.54) is 44.1 Å². The molecule has 17 heavy (non-hydrogen) atoms. The van der Waals surface area contributed by atoms with Gasteiger partial charge in [-0.05, 0) is 25.7 Å². The van der Waals surface area contributed by atoms with E-state index in [1.54, 1.807) is 0 Å². The van der Waals surface area contributed by atoms with Crippen LogP contribution in [0.5, 0.6) is 0 Å². The van der Waals surface area contributed by atoms with E-state index in [0.29, 0.717) is 0 Å². The second kappa shape index (κ2) is 11.5. The summed E-state index contributed by atoms with van der Waals surface area (Å²) in [5, 5.41) is 0. The molecule has 0 aliphatic heterocycles. The molecule has 0 aromatic rings. The highest BCUT2D eigenvalue weighted by Crippen LogP contribution is 2.37. The Hall–Kier alpha value is 0.460. The van der Waals surface area contributed by atoms with Crippen LogP contribution in [0.2, 0.25) is 0 Å². The van der Waals surface area contributed by atoms with Gasteiger partial charge in [0.1, 0.15) is 0 Å². The summed E-state index contributed by atoms with van der Waals surface area (Å²) < 4.78 is 0. The summed E-state index contributed by atoms with van der Waals surface area (Å²) in [5.41, 5.74) is 1.28. The summed E-state index contributed by atoms with van der Waals surface area (Å²) >= 11 is 6.78. The van der Waals surface area contributed by atoms with Crippen molar-refractivity contribution in [2.24, 2.45) is 0 Å². The van der Waals surface area contributed by atoms with Gasteiger partial charge in [0, 0.05) is 0 Å². The maximum Gasteiger partial charge on any atom is 0.0652 e. The molecule has 0 nitrogen and oxygen atoms in total. The third kappa shape index (κ3) is 8.22. The molecule has 0 fully saturated rings. The highest BCUT2D eigenvalue weighted by molar-refractivity contribution is 6.92. The molecule has 104 valence electrons. The van der Waals surface area contributed by atoms with Crippen LogP contribution in [0.3, 0.4) is 0 Å². The third-order valence-electron chi connectivity index (χ3n) is 3.32. The molecule has 0 amide bonds. The van der Waals surface area contributed by atoms with Crippen molar-refractivity contribution in [1.82, 2.24) is 0 Å². The first kappa shape index (κ1) is 19.8. The largest absolute Gasteiger partial charge is 0.153 e. The lowest BCUT2D eigenvalue weighted by atomic mass is 9.86. The van der Waals surface area contributed by atoms with E-state index in [9.17, 15) is 0 Å². The monoisotopic (exact) mass is 278 g/mol. The molecule has 0 aliphatic carbocycles. The first-order chi connectivity index (χ1) is 7.60. The number of allylic oxidation sites excluding steroid dienone is 1. The first-order valence-corrected chi connectivity index (χ1v) is 7.35. The lowest BCUT2D eigenvalue weighted by Crippen LogP contribution is -2.24. The van der Waals surface area contributed by atoms with Gasteiger partial charge in [-0.25, -0.2) is 0 Å². The van der Waals surface area contributed by atoms with Crippen molar-refractivity contribution in [2.75, 3.05) is 0 Å². The molecule has 1 unspecified atom stereocenters. The van der Waals surface area contributed by atoms with Crippen LogP contribution < -0.4 is 0 Å². The highest BCUT2D eigenvalue weighted by Gasteiger charge is 2.28. The van der Waals surface area contributed by atoms with E-state index in [1.807, 2.05) is 0 Å². The zero-order valence-electron chi connectivity index (χ0n) is 12.2. The molecule has 0 rings (SSSR count). The minimum absolute atomic E-state index is 0. The average Bonchev–Trinajstić information content (AvgIpc) is 2.30. The van der Waals surface area contributed by atoms with Crippen LogP contribution in [-0.2, 0) is 0 Å². The predicted molar refractivity (Wildman–Crippen MR) is 87.4 cm³/mol. The quantitative estimate of drug-likeness (QED) is 0.255. The van der Waals surface area contributed by atoms with E-state index in [2.05, 4.69) is 27.4 Å². The maximum absolute atomic E-state index is 6.78. The van der Waals surface area contributed by atoms with E-state index in [-0.39, 0.29) is 14.8 Å². The molecule has 0 radical (unpaired) electrons. The Labute approximate surface area is 117 Å². The van der Waals surface area contributed by atoms with Crippen LogP contribution in [0, 0.1) is 0 Å². The predicted octanol–water partition coefficient (Wildman–Crippen LogP) is 6.15. The van der Waals surface area contributed by atoms with Gasteiger partial charge in [0.25, 0.3) is 0 Å². The van der Waals surface area contributed by atoms with Crippen LogP contribution in [0.15, 0.2) is 12.2 Å². The lowest BCUT2D eigenvalue weighted by Gasteiger charge is -2.29. The van der Waals surface area contributed by atoms with Gasteiger partial charge in [0.15, 0.2) is 0 Å². The van der Waals surface area contributed by atoms with E-state index >= 15 is 0 Å². The SMILES string of the molecule is C=C(CCCC)C(Cl)(CCCC)CCCC.P. The van der Waals surface area contributed by atoms with Crippen LogP contribution in [0.1, 0.15) is 78.6 Å². The summed E-state index contributed by atoms with van der Waals surface area (Å²) in [4.78, 5) is -0.110. The van der Waals surface area contributed by atoms with Gasteiger partial charge in [-0.3, -0.25) is 0 Å². The molecule has 0 aliphatic rings. The Bertz CT molecular complexity index is 181. The maximum atomic E-state index is 6.78. The van der Waals surface area contributed by atoms with Gasteiger partial charge < -0.3 is 0 Å². The van der Waals surface area contributed by atoms with Gasteiger partial charge >= 0.3 is 0 Å². The Morgan fingerprint density at radius 3 is 1.71 bits per heavy atom. The number of alkyl halides is 1. The molecule has 0 bridgehead atoms. The Morgan fingerprint density at radius 1 is 0.941 bits per heavy atom. The normalized spacial score (nSPS) is 11.1. The van der Waals surface area contributed by atoms with Gasteiger partial charge in [0.05, 0.1) is 4.87 Å². The molecule has 0 saturated heterocycles. The molecular weight excluding hydrogens is 247 g/mol. The standard InChI is InChI=1S/C15H29Cl.H3P/c1-5-8-11-14(4)15(16,12-9-6-2)13-10-7-3;/h4-13H2,1-3H3;1H3. The zero-order valence-corrected chi connectivity index (χ0v) is 14.3. The molecule has 0 heterocycles. The van der Waals surface area contributed by atoms with Gasteiger partial charge in [-0.2, -0.15) is 9.90 Å². The molecule has 0 aromatic carbocycles. The van der Waals surface area contributed by atoms with E-state index in [4.69, 9.17) is 11.6 Å². The van der Waals surface area contributed by atoms with Gasteiger partial charge in [0.2, 0.25) is 0 Å². The van der Waals surface area contributed by atoms with Crippen LogP contribution >= 0.6 is 21.5 Å². The van der Waals surface area contributed by atoms with Gasteiger partial charge in [-0.1, -0.05) is 65.0 Å². The van der Waals surface area contributed by atoms with Crippen LogP contribution in [-0.4, -0.2) is 4.87 Å². The third-order valence-corrected chi connectivity index (χ3v) is 3.96. The fourth-order valence-corrected chi connectivity index (χ4v) is 2.37. The number of rotatable bonds is 10. The Kier molecular flexibility index (Phi) is 13.4. The molecule has 2 heteroatoms. The van der Waals surface area contributed by atoms with Crippen LogP contribution in [0.25, 0.3) is 0 Å². The van der Waals surface area contributed by atoms with Crippen LogP contribution in [0.4, 0.5) is 0 Å². The second-order valence-electron chi connectivity index (χ2n) is 4.88. The van der Waals surface area contributed by atoms with Crippen molar-refractivity contribution in [3.05, 3.63) is 12.2 Å². The van der Waals surface area contributed by atoms with Crippen molar-refractivity contribution in [2.45, 2.75) is 83.4 Å². The van der Waals surface area contributed by atoms with E-state index < -0.39 is 0 Å². The Balaban J connectivity index is 0. The summed E-state index contributed by atoms with van der Waals surface area (Å²) in [6.45, 7) is 10.9. The van der Waals surface area contributed by atoms with Crippen molar-refractivity contribution in [3.8, 4) is 0 Å². The Morgan fingerprint density at radius 2 is 1.35 bits per heavy atom. The van der Waals surface area contributed by atoms with Crippen molar-refractivity contribution in [3.63, 3.8) is 0 Å². The smallest absolute Gasteiger partial charge is 0.0652 e. The summed E-state index contributed by atoms with van der Waals surface area (Å²) in [6, 6.07) is 0. The fourth-order valence-electron chi connectivity index (χ4n) is 2.01. The minimum atomic E-state index is -0.110. The van der Waals surface area contributed by atoms with Crippen molar-refractivity contribution < 1.29 is 0 Å². The number of unbranched alkanes of at least 4 members (excludes halogenated alkanes) is 3. The second-order valence-corrected chi connectivity index (χ2v) is 5.60. The van der Waals surface area contributed by atoms with Gasteiger partial charge in [-0.15, -0.1) is 11.6 Å².